The molecular formula is C19H15FN2O3. The number of amides is 3. The van der Waals surface area contributed by atoms with Crippen LogP contribution in [-0.4, -0.2) is 16.8 Å². The lowest BCUT2D eigenvalue weighted by Gasteiger charge is -2.19. The second-order valence-corrected chi connectivity index (χ2v) is 6.22. The van der Waals surface area contributed by atoms with Gasteiger partial charge in [-0.15, -0.1) is 0 Å². The Morgan fingerprint density at radius 2 is 1.84 bits per heavy atom. The monoisotopic (exact) mass is 338 g/mol. The van der Waals surface area contributed by atoms with Gasteiger partial charge in [0.2, 0.25) is 0 Å². The zero-order chi connectivity index (χ0) is 17.6. The fourth-order valence-corrected chi connectivity index (χ4v) is 3.01. The lowest BCUT2D eigenvalue weighted by atomic mass is 9.98. The van der Waals surface area contributed by atoms with Gasteiger partial charge in [-0.05, 0) is 36.8 Å². The summed E-state index contributed by atoms with van der Waals surface area (Å²) >= 11 is 0. The van der Waals surface area contributed by atoms with Crippen molar-refractivity contribution in [2.75, 3.05) is 0 Å². The van der Waals surface area contributed by atoms with Crippen LogP contribution in [-0.2, 0) is 16.9 Å². The largest absolute Gasteiger partial charge is 0.458 e. The summed E-state index contributed by atoms with van der Waals surface area (Å²) in [5.41, 5.74) is 0.0485. The Bertz CT molecular complexity index is 947. The first-order chi connectivity index (χ1) is 12.0. The molecule has 1 saturated heterocycles. The summed E-state index contributed by atoms with van der Waals surface area (Å²) in [5.74, 6) is -0.386. The molecule has 0 spiro atoms. The Kier molecular flexibility index (Phi) is 3.35. The van der Waals surface area contributed by atoms with Gasteiger partial charge in [-0.2, -0.15) is 0 Å². The molecule has 0 bridgehead atoms. The van der Waals surface area contributed by atoms with E-state index in [2.05, 4.69) is 5.32 Å². The fraction of sp³-hybridized carbons (Fsp3) is 0.158. The minimum atomic E-state index is -1.27. The van der Waals surface area contributed by atoms with E-state index in [4.69, 9.17) is 4.42 Å². The van der Waals surface area contributed by atoms with Crippen molar-refractivity contribution in [3.63, 3.8) is 0 Å². The van der Waals surface area contributed by atoms with E-state index < -0.39 is 17.5 Å². The van der Waals surface area contributed by atoms with Crippen LogP contribution in [0, 0.1) is 5.82 Å². The van der Waals surface area contributed by atoms with Crippen LogP contribution in [0.5, 0.6) is 0 Å². The lowest BCUT2D eigenvalue weighted by molar-refractivity contribution is -0.132. The van der Waals surface area contributed by atoms with E-state index in [0.29, 0.717) is 16.9 Å². The van der Waals surface area contributed by atoms with Crippen LogP contribution in [0.15, 0.2) is 59.0 Å². The Balaban J connectivity index is 1.66. The van der Waals surface area contributed by atoms with Gasteiger partial charge in [0, 0.05) is 5.39 Å². The first kappa shape index (κ1) is 15.4. The first-order valence-corrected chi connectivity index (χ1v) is 7.85. The average molecular weight is 338 g/mol. The van der Waals surface area contributed by atoms with Crippen LogP contribution in [0.1, 0.15) is 18.2 Å². The molecule has 0 aliphatic carbocycles. The fourth-order valence-electron chi connectivity index (χ4n) is 3.01. The van der Waals surface area contributed by atoms with Gasteiger partial charge in [0.15, 0.2) is 5.54 Å². The van der Waals surface area contributed by atoms with Crippen LogP contribution >= 0.6 is 0 Å². The molecule has 3 amide bonds. The number of para-hydroxylation sites is 1. The van der Waals surface area contributed by atoms with Gasteiger partial charge in [-0.1, -0.05) is 30.3 Å². The summed E-state index contributed by atoms with van der Waals surface area (Å²) in [7, 11) is 0. The normalized spacial score (nSPS) is 20.3. The summed E-state index contributed by atoms with van der Waals surface area (Å²) in [6.07, 6.45) is 0. The number of urea groups is 1. The second-order valence-electron chi connectivity index (χ2n) is 6.22. The summed E-state index contributed by atoms with van der Waals surface area (Å²) in [6, 6.07) is 14.3. The van der Waals surface area contributed by atoms with Gasteiger partial charge < -0.3 is 9.73 Å². The number of fused-ring (bicyclic) bond motifs is 1. The molecule has 1 aliphatic heterocycles. The SMILES string of the molecule is C[C@]1(c2cc3ccccc3o2)NC(=O)N(Cc2ccc(F)cc2)C1=O. The van der Waals surface area contributed by atoms with Gasteiger partial charge in [0.25, 0.3) is 5.91 Å². The van der Waals surface area contributed by atoms with Crippen LogP contribution < -0.4 is 5.32 Å². The quantitative estimate of drug-likeness (QED) is 0.743. The van der Waals surface area contributed by atoms with Crippen molar-refractivity contribution in [3.05, 3.63) is 71.7 Å². The predicted molar refractivity (Wildman–Crippen MR) is 89.0 cm³/mol. The third kappa shape index (κ3) is 2.46. The van der Waals surface area contributed by atoms with E-state index in [-0.39, 0.29) is 12.4 Å². The molecule has 1 aliphatic rings. The van der Waals surface area contributed by atoms with Gasteiger partial charge in [0.05, 0.1) is 6.54 Å². The lowest BCUT2D eigenvalue weighted by Crippen LogP contribution is -2.40. The van der Waals surface area contributed by atoms with Crippen molar-refractivity contribution >= 4 is 22.9 Å². The maximum atomic E-state index is 13.0. The molecule has 1 atom stereocenters. The van der Waals surface area contributed by atoms with Crippen molar-refractivity contribution in [2.24, 2.45) is 0 Å². The highest BCUT2D eigenvalue weighted by Crippen LogP contribution is 2.33. The Morgan fingerprint density at radius 1 is 1.12 bits per heavy atom. The molecule has 1 fully saturated rings. The Labute approximate surface area is 143 Å². The van der Waals surface area contributed by atoms with E-state index in [1.807, 2.05) is 18.2 Å². The molecule has 126 valence electrons. The number of imide groups is 1. The topological polar surface area (TPSA) is 62.6 Å². The predicted octanol–water partition coefficient (Wildman–Crippen LogP) is 3.54. The number of rotatable bonds is 3. The summed E-state index contributed by atoms with van der Waals surface area (Å²) in [5, 5.41) is 3.57. The third-order valence-corrected chi connectivity index (χ3v) is 4.45. The van der Waals surface area contributed by atoms with Crippen molar-refractivity contribution in [2.45, 2.75) is 19.0 Å². The maximum Gasteiger partial charge on any atom is 0.325 e. The van der Waals surface area contributed by atoms with Crippen LogP contribution in [0.25, 0.3) is 11.0 Å². The zero-order valence-corrected chi connectivity index (χ0v) is 13.5. The smallest absolute Gasteiger partial charge is 0.325 e. The number of carbonyl (C=O) groups excluding carboxylic acids is 2. The van der Waals surface area contributed by atoms with E-state index >= 15 is 0 Å². The molecule has 0 unspecified atom stereocenters. The number of hydrogen-bond donors (Lipinski definition) is 1. The van der Waals surface area contributed by atoms with E-state index in [1.54, 1.807) is 31.2 Å². The van der Waals surface area contributed by atoms with E-state index in [9.17, 15) is 14.0 Å². The van der Waals surface area contributed by atoms with Crippen molar-refractivity contribution in [1.29, 1.82) is 0 Å². The number of nitrogens with zero attached hydrogens (tertiary/aromatic N) is 1. The van der Waals surface area contributed by atoms with Crippen LogP contribution in [0.3, 0.4) is 0 Å². The number of nitrogens with one attached hydrogen (secondary N) is 1. The molecular weight excluding hydrogens is 323 g/mol. The summed E-state index contributed by atoms with van der Waals surface area (Å²) < 4.78 is 18.8. The summed E-state index contributed by atoms with van der Waals surface area (Å²) in [4.78, 5) is 26.3. The molecule has 4 rings (SSSR count). The molecule has 25 heavy (non-hydrogen) atoms. The molecule has 1 aromatic heterocycles. The number of furan rings is 1. The first-order valence-electron chi connectivity index (χ1n) is 7.85. The van der Waals surface area contributed by atoms with Gasteiger partial charge in [-0.25, -0.2) is 9.18 Å². The third-order valence-electron chi connectivity index (χ3n) is 4.45. The molecule has 2 heterocycles. The standard InChI is InChI=1S/C19H15FN2O3/c1-19(16-10-13-4-2-3-5-15(13)25-16)17(23)22(18(24)21-19)11-12-6-8-14(20)9-7-12/h2-10H,11H2,1H3,(H,21,24)/t19-/m1/s1. The van der Waals surface area contributed by atoms with Crippen molar-refractivity contribution < 1.29 is 18.4 Å². The molecule has 0 saturated carbocycles. The zero-order valence-electron chi connectivity index (χ0n) is 13.5. The highest BCUT2D eigenvalue weighted by atomic mass is 19.1. The second kappa shape index (κ2) is 5.44. The number of hydrogen-bond acceptors (Lipinski definition) is 3. The van der Waals surface area contributed by atoms with Gasteiger partial charge in [0.1, 0.15) is 17.2 Å². The minimum absolute atomic E-state index is 0.0702. The Hall–Kier alpha value is -3.15. The molecule has 6 heteroatoms. The van der Waals surface area contributed by atoms with Crippen molar-refractivity contribution in [3.8, 4) is 0 Å². The van der Waals surface area contributed by atoms with Gasteiger partial charge >= 0.3 is 6.03 Å². The number of benzene rings is 2. The molecule has 2 aromatic carbocycles. The maximum absolute atomic E-state index is 13.0. The summed E-state index contributed by atoms with van der Waals surface area (Å²) in [6.45, 7) is 1.69. The minimum Gasteiger partial charge on any atom is -0.458 e. The Morgan fingerprint density at radius 3 is 2.56 bits per heavy atom. The average Bonchev–Trinajstić information content (AvgIpc) is 3.13. The highest BCUT2D eigenvalue weighted by molar-refractivity contribution is 6.07. The molecule has 1 N–H and O–H groups in total. The number of carbonyl (C=O) groups is 2. The molecule has 3 aromatic rings. The van der Waals surface area contributed by atoms with E-state index in [1.165, 1.54) is 12.1 Å². The number of halogens is 1. The van der Waals surface area contributed by atoms with Crippen LogP contribution in [0.2, 0.25) is 0 Å². The molecule has 0 radical (unpaired) electrons. The molecule has 5 nitrogen and oxygen atoms in total. The van der Waals surface area contributed by atoms with E-state index in [0.717, 1.165) is 10.3 Å². The van der Waals surface area contributed by atoms with Crippen molar-refractivity contribution in [1.82, 2.24) is 10.2 Å². The van der Waals surface area contributed by atoms with Gasteiger partial charge in [-0.3, -0.25) is 9.69 Å². The van der Waals surface area contributed by atoms with Crippen LogP contribution in [0.4, 0.5) is 9.18 Å². The highest BCUT2D eigenvalue weighted by Gasteiger charge is 2.51.